The molecule has 0 N–H and O–H groups in total. The van der Waals surface area contributed by atoms with Gasteiger partial charge in [0.05, 0.1) is 6.61 Å². The van der Waals surface area contributed by atoms with Crippen molar-refractivity contribution in [3.8, 4) is 0 Å². The minimum absolute atomic E-state index is 0.352. The average molecular weight is 172 g/mol. The van der Waals surface area contributed by atoms with Crippen LogP contribution in [0.25, 0.3) is 0 Å². The zero-order valence-electron chi connectivity index (χ0n) is 7.92. The SMILES string of the molecule is C=C(C)C1COC(OC)(OC)C1. The maximum Gasteiger partial charge on any atom is 0.283 e. The summed E-state index contributed by atoms with van der Waals surface area (Å²) in [6.45, 7) is 6.51. The van der Waals surface area contributed by atoms with Crippen molar-refractivity contribution >= 4 is 0 Å². The molecule has 0 amide bonds. The fourth-order valence-electron chi connectivity index (χ4n) is 1.33. The molecule has 3 nitrogen and oxygen atoms in total. The quantitative estimate of drug-likeness (QED) is 0.477. The summed E-state index contributed by atoms with van der Waals surface area (Å²) in [4.78, 5) is 0. The maximum absolute atomic E-state index is 5.41. The minimum Gasteiger partial charge on any atom is -0.331 e. The van der Waals surface area contributed by atoms with Crippen LogP contribution in [-0.4, -0.2) is 26.8 Å². The highest BCUT2D eigenvalue weighted by Crippen LogP contribution is 2.34. The van der Waals surface area contributed by atoms with Gasteiger partial charge in [0.15, 0.2) is 0 Å². The van der Waals surface area contributed by atoms with Crippen molar-refractivity contribution in [1.29, 1.82) is 0 Å². The Morgan fingerprint density at radius 1 is 1.50 bits per heavy atom. The first-order valence-electron chi connectivity index (χ1n) is 4.03. The van der Waals surface area contributed by atoms with Crippen LogP contribution in [0.1, 0.15) is 13.3 Å². The van der Waals surface area contributed by atoms with E-state index >= 15 is 0 Å². The van der Waals surface area contributed by atoms with Crippen LogP contribution in [0.3, 0.4) is 0 Å². The van der Waals surface area contributed by atoms with Crippen LogP contribution >= 0.6 is 0 Å². The number of rotatable bonds is 3. The number of hydrogen-bond acceptors (Lipinski definition) is 3. The molecule has 1 saturated heterocycles. The largest absolute Gasteiger partial charge is 0.331 e. The Kier molecular flexibility index (Phi) is 2.88. The van der Waals surface area contributed by atoms with Gasteiger partial charge < -0.3 is 14.2 Å². The van der Waals surface area contributed by atoms with Crippen molar-refractivity contribution < 1.29 is 14.2 Å². The first kappa shape index (κ1) is 9.71. The lowest BCUT2D eigenvalue weighted by Gasteiger charge is -2.24. The van der Waals surface area contributed by atoms with Gasteiger partial charge >= 0.3 is 0 Å². The Hall–Kier alpha value is -0.380. The molecule has 1 rings (SSSR count). The molecule has 1 fully saturated rings. The molecule has 0 saturated carbocycles. The predicted octanol–water partition coefficient (Wildman–Crippen LogP) is 1.55. The lowest BCUT2D eigenvalue weighted by molar-refractivity contribution is -0.340. The van der Waals surface area contributed by atoms with E-state index in [0.29, 0.717) is 12.5 Å². The minimum atomic E-state index is -0.830. The van der Waals surface area contributed by atoms with Gasteiger partial charge in [-0.05, 0) is 6.92 Å². The molecular formula is C9H16O3. The molecule has 12 heavy (non-hydrogen) atoms. The van der Waals surface area contributed by atoms with Gasteiger partial charge in [-0.1, -0.05) is 12.2 Å². The van der Waals surface area contributed by atoms with Crippen LogP contribution in [0, 0.1) is 5.92 Å². The zero-order valence-corrected chi connectivity index (χ0v) is 7.92. The molecule has 1 atom stereocenters. The van der Waals surface area contributed by atoms with Gasteiger partial charge in [-0.25, -0.2) is 0 Å². The van der Waals surface area contributed by atoms with Gasteiger partial charge in [0.2, 0.25) is 0 Å². The zero-order chi connectivity index (χ0) is 9.19. The van der Waals surface area contributed by atoms with Gasteiger partial charge in [-0.2, -0.15) is 0 Å². The van der Waals surface area contributed by atoms with Crippen molar-refractivity contribution in [1.82, 2.24) is 0 Å². The van der Waals surface area contributed by atoms with Crippen LogP contribution in [-0.2, 0) is 14.2 Å². The van der Waals surface area contributed by atoms with Crippen LogP contribution in [0.2, 0.25) is 0 Å². The molecule has 0 radical (unpaired) electrons. The number of hydrogen-bond donors (Lipinski definition) is 0. The van der Waals surface area contributed by atoms with Crippen LogP contribution < -0.4 is 0 Å². The van der Waals surface area contributed by atoms with E-state index in [1.807, 2.05) is 6.92 Å². The highest BCUT2D eigenvalue weighted by atomic mass is 16.9. The van der Waals surface area contributed by atoms with Crippen LogP contribution in [0.15, 0.2) is 12.2 Å². The summed E-state index contributed by atoms with van der Waals surface area (Å²) in [5.74, 6) is -0.478. The monoisotopic (exact) mass is 172 g/mol. The van der Waals surface area contributed by atoms with Gasteiger partial charge in [0, 0.05) is 26.6 Å². The second kappa shape index (κ2) is 3.56. The van der Waals surface area contributed by atoms with E-state index in [1.165, 1.54) is 0 Å². The smallest absolute Gasteiger partial charge is 0.283 e. The van der Waals surface area contributed by atoms with E-state index in [9.17, 15) is 0 Å². The molecule has 0 aromatic carbocycles. The summed E-state index contributed by atoms with van der Waals surface area (Å²) in [6.07, 6.45) is 0.731. The van der Waals surface area contributed by atoms with Gasteiger partial charge in [-0.15, -0.1) is 0 Å². The van der Waals surface area contributed by atoms with Crippen molar-refractivity contribution in [3.05, 3.63) is 12.2 Å². The normalized spacial score (nSPS) is 27.4. The molecule has 0 aromatic rings. The van der Waals surface area contributed by atoms with Crippen molar-refractivity contribution in [2.75, 3.05) is 20.8 Å². The summed E-state index contributed by atoms with van der Waals surface area (Å²) in [6, 6.07) is 0. The molecule has 0 aromatic heterocycles. The van der Waals surface area contributed by atoms with E-state index in [-0.39, 0.29) is 0 Å². The molecule has 0 spiro atoms. The number of methoxy groups -OCH3 is 2. The fraction of sp³-hybridized carbons (Fsp3) is 0.778. The first-order chi connectivity index (χ1) is 5.63. The molecule has 1 unspecified atom stereocenters. The van der Waals surface area contributed by atoms with Crippen LogP contribution in [0.4, 0.5) is 0 Å². The molecule has 1 aliphatic heterocycles. The summed E-state index contributed by atoms with van der Waals surface area (Å²) >= 11 is 0. The molecular weight excluding hydrogens is 156 g/mol. The first-order valence-corrected chi connectivity index (χ1v) is 4.03. The van der Waals surface area contributed by atoms with Crippen LogP contribution in [0.5, 0.6) is 0 Å². The summed E-state index contributed by atoms with van der Waals surface area (Å²) in [7, 11) is 3.18. The summed E-state index contributed by atoms with van der Waals surface area (Å²) < 4.78 is 15.7. The third-order valence-corrected chi connectivity index (χ3v) is 2.32. The lowest BCUT2D eigenvalue weighted by atomic mass is 10.0. The lowest BCUT2D eigenvalue weighted by Crippen LogP contribution is -2.32. The number of ether oxygens (including phenoxy) is 3. The van der Waals surface area contributed by atoms with Gasteiger partial charge in [-0.3, -0.25) is 0 Å². The predicted molar refractivity (Wildman–Crippen MR) is 45.6 cm³/mol. The van der Waals surface area contributed by atoms with E-state index in [0.717, 1.165) is 12.0 Å². The van der Waals surface area contributed by atoms with E-state index in [1.54, 1.807) is 14.2 Å². The van der Waals surface area contributed by atoms with E-state index < -0.39 is 5.97 Å². The summed E-state index contributed by atoms with van der Waals surface area (Å²) in [5.41, 5.74) is 1.12. The second-order valence-corrected chi connectivity index (χ2v) is 3.15. The standard InChI is InChI=1S/C9H16O3/c1-7(2)8-5-9(10-3,11-4)12-6-8/h8H,1,5-6H2,2-4H3. The van der Waals surface area contributed by atoms with Gasteiger partial charge in [0.1, 0.15) is 0 Å². The highest BCUT2D eigenvalue weighted by molar-refractivity contribution is 4.99. The van der Waals surface area contributed by atoms with Crippen molar-refractivity contribution in [2.24, 2.45) is 5.92 Å². The Labute approximate surface area is 73.3 Å². The Bertz CT molecular complexity index is 173. The molecule has 3 heteroatoms. The van der Waals surface area contributed by atoms with E-state index in [4.69, 9.17) is 14.2 Å². The fourth-order valence-corrected chi connectivity index (χ4v) is 1.33. The Balaban J connectivity index is 2.58. The Morgan fingerprint density at radius 2 is 2.08 bits per heavy atom. The average Bonchev–Trinajstić information content (AvgIpc) is 2.49. The third kappa shape index (κ3) is 1.68. The molecule has 1 heterocycles. The van der Waals surface area contributed by atoms with E-state index in [2.05, 4.69) is 6.58 Å². The third-order valence-electron chi connectivity index (χ3n) is 2.32. The topological polar surface area (TPSA) is 27.7 Å². The molecule has 1 aliphatic rings. The highest BCUT2D eigenvalue weighted by Gasteiger charge is 2.41. The molecule has 0 aliphatic carbocycles. The summed E-state index contributed by atoms with van der Waals surface area (Å²) in [5, 5.41) is 0. The Morgan fingerprint density at radius 3 is 2.33 bits per heavy atom. The van der Waals surface area contributed by atoms with Crippen molar-refractivity contribution in [2.45, 2.75) is 19.3 Å². The maximum atomic E-state index is 5.41. The van der Waals surface area contributed by atoms with Crippen molar-refractivity contribution in [3.63, 3.8) is 0 Å². The second-order valence-electron chi connectivity index (χ2n) is 3.15. The molecule has 70 valence electrons. The van der Waals surface area contributed by atoms with Gasteiger partial charge in [0.25, 0.3) is 5.97 Å². The molecule has 0 bridgehead atoms.